The van der Waals surface area contributed by atoms with Crippen molar-refractivity contribution in [2.75, 3.05) is 37.8 Å². The topological polar surface area (TPSA) is 52.7 Å². The van der Waals surface area contributed by atoms with E-state index in [-0.39, 0.29) is 17.9 Å². The number of rotatable bonds is 5. The molecule has 0 aromatic heterocycles. The second-order valence-electron chi connectivity index (χ2n) is 6.82. The van der Waals surface area contributed by atoms with Crippen molar-refractivity contribution >= 4 is 52.5 Å². The molecule has 2 amide bonds. The van der Waals surface area contributed by atoms with Gasteiger partial charge in [0.05, 0.1) is 22.3 Å². The maximum atomic E-state index is 12.8. The van der Waals surface area contributed by atoms with Crippen LogP contribution < -0.4 is 5.32 Å². The van der Waals surface area contributed by atoms with E-state index in [0.29, 0.717) is 41.8 Å². The Bertz CT molecular complexity index is 901. The molecule has 0 radical (unpaired) electrons. The van der Waals surface area contributed by atoms with Gasteiger partial charge in [-0.1, -0.05) is 35.3 Å². The normalized spacial score (nSPS) is 15.8. The van der Waals surface area contributed by atoms with Gasteiger partial charge >= 0.3 is 0 Å². The van der Waals surface area contributed by atoms with Gasteiger partial charge in [-0.05, 0) is 43.5 Å². The van der Waals surface area contributed by atoms with Crippen molar-refractivity contribution in [2.24, 2.45) is 0 Å². The lowest BCUT2D eigenvalue weighted by Crippen LogP contribution is -2.54. The van der Waals surface area contributed by atoms with E-state index >= 15 is 0 Å². The second kappa shape index (κ2) is 9.85. The predicted molar refractivity (Wildman–Crippen MR) is 120 cm³/mol. The van der Waals surface area contributed by atoms with Crippen molar-refractivity contribution in [1.82, 2.24) is 9.80 Å². The molecular formula is C21H23Cl2N3O2S. The first-order valence-electron chi connectivity index (χ1n) is 9.33. The summed E-state index contributed by atoms with van der Waals surface area (Å²) in [5.41, 5.74) is 1.27. The van der Waals surface area contributed by atoms with E-state index in [1.54, 1.807) is 34.9 Å². The van der Waals surface area contributed by atoms with E-state index in [1.807, 2.05) is 37.4 Å². The van der Waals surface area contributed by atoms with Crippen LogP contribution in [-0.2, 0) is 4.79 Å². The first-order valence-corrected chi connectivity index (χ1v) is 11.3. The van der Waals surface area contributed by atoms with Crippen LogP contribution in [0.3, 0.4) is 0 Å². The van der Waals surface area contributed by atoms with E-state index in [9.17, 15) is 9.59 Å². The fraction of sp³-hybridized carbons (Fsp3) is 0.333. The van der Waals surface area contributed by atoms with Crippen LogP contribution in [0.2, 0.25) is 10.0 Å². The van der Waals surface area contributed by atoms with Crippen LogP contribution in [0.15, 0.2) is 47.4 Å². The Kier molecular flexibility index (Phi) is 7.46. The Morgan fingerprint density at radius 2 is 1.76 bits per heavy atom. The summed E-state index contributed by atoms with van der Waals surface area (Å²) in [7, 11) is 0. The third-order valence-corrected chi connectivity index (χ3v) is 6.40. The van der Waals surface area contributed by atoms with Crippen LogP contribution in [0.4, 0.5) is 5.69 Å². The lowest BCUT2D eigenvalue weighted by molar-refractivity contribution is -0.121. The third-order valence-electron chi connectivity index (χ3n) is 5.06. The van der Waals surface area contributed by atoms with Crippen molar-refractivity contribution in [3.05, 3.63) is 58.1 Å². The molecule has 0 aliphatic carbocycles. The molecule has 8 heteroatoms. The summed E-state index contributed by atoms with van der Waals surface area (Å²) in [5.74, 6) is -0.163. The first kappa shape index (κ1) is 22.0. The number of nitrogens with one attached hydrogen (secondary N) is 1. The van der Waals surface area contributed by atoms with Gasteiger partial charge in [0.15, 0.2) is 0 Å². The number of nitrogens with zero attached hydrogens (tertiary/aromatic N) is 2. The minimum absolute atomic E-state index is 0.0491. The molecule has 1 atom stereocenters. The van der Waals surface area contributed by atoms with Gasteiger partial charge in [0.1, 0.15) is 0 Å². The number of carbonyl (C=O) groups is 2. The zero-order valence-electron chi connectivity index (χ0n) is 16.3. The van der Waals surface area contributed by atoms with Crippen molar-refractivity contribution < 1.29 is 9.59 Å². The molecule has 0 saturated carbocycles. The fourth-order valence-electron chi connectivity index (χ4n) is 3.30. The van der Waals surface area contributed by atoms with Crippen LogP contribution in [0, 0.1) is 0 Å². The van der Waals surface area contributed by atoms with E-state index in [1.165, 1.54) is 0 Å². The molecular weight excluding hydrogens is 429 g/mol. The molecule has 5 nitrogen and oxygen atoms in total. The van der Waals surface area contributed by atoms with Crippen LogP contribution >= 0.6 is 35.0 Å². The summed E-state index contributed by atoms with van der Waals surface area (Å²) in [4.78, 5) is 30.4. The zero-order valence-corrected chi connectivity index (χ0v) is 18.7. The monoisotopic (exact) mass is 451 g/mol. The van der Waals surface area contributed by atoms with Crippen molar-refractivity contribution in [3.63, 3.8) is 0 Å². The summed E-state index contributed by atoms with van der Waals surface area (Å²) >= 11 is 13.7. The molecule has 1 aliphatic heterocycles. The highest BCUT2D eigenvalue weighted by molar-refractivity contribution is 7.98. The van der Waals surface area contributed by atoms with Crippen molar-refractivity contribution in [1.29, 1.82) is 0 Å². The number of hydrogen-bond acceptors (Lipinski definition) is 4. The maximum absolute atomic E-state index is 12.8. The lowest BCUT2D eigenvalue weighted by Gasteiger charge is -2.37. The SMILES string of the molecule is CSc1ccccc1NC(=O)C(C)N1CCN(C(=O)c2ccc(Cl)cc2Cl)CC1. The number of amides is 2. The first-order chi connectivity index (χ1) is 13.9. The van der Waals surface area contributed by atoms with Gasteiger partial charge < -0.3 is 10.2 Å². The van der Waals surface area contributed by atoms with Gasteiger partial charge in [-0.15, -0.1) is 11.8 Å². The van der Waals surface area contributed by atoms with Gasteiger partial charge in [0.25, 0.3) is 5.91 Å². The molecule has 3 rings (SSSR count). The molecule has 2 aromatic rings. The van der Waals surface area contributed by atoms with Crippen molar-refractivity contribution in [2.45, 2.75) is 17.9 Å². The molecule has 1 heterocycles. The summed E-state index contributed by atoms with van der Waals surface area (Å²) in [6, 6.07) is 12.3. The molecule has 0 spiro atoms. The zero-order chi connectivity index (χ0) is 21.0. The molecule has 1 aliphatic rings. The summed E-state index contributed by atoms with van der Waals surface area (Å²) < 4.78 is 0. The molecule has 2 aromatic carbocycles. The van der Waals surface area contributed by atoms with Crippen LogP contribution in [0.5, 0.6) is 0 Å². The highest BCUT2D eigenvalue weighted by Crippen LogP contribution is 2.25. The summed E-state index contributed by atoms with van der Waals surface area (Å²) in [5, 5.41) is 3.87. The second-order valence-corrected chi connectivity index (χ2v) is 8.51. The number of benzene rings is 2. The van der Waals surface area contributed by atoms with Crippen LogP contribution in [0.25, 0.3) is 0 Å². The third kappa shape index (κ3) is 5.25. The number of piperazine rings is 1. The van der Waals surface area contributed by atoms with E-state index in [2.05, 4.69) is 10.2 Å². The molecule has 1 saturated heterocycles. The fourth-order valence-corrected chi connectivity index (χ4v) is 4.34. The molecule has 1 fully saturated rings. The summed E-state index contributed by atoms with van der Waals surface area (Å²) in [6.07, 6.45) is 1.98. The molecule has 154 valence electrons. The standard InChI is InChI=1S/C21H23Cl2N3O2S/c1-14(20(27)24-18-5-3-4-6-19(18)29-2)25-9-11-26(12-10-25)21(28)16-8-7-15(22)13-17(16)23/h3-8,13-14H,9-12H2,1-2H3,(H,24,27). The average molecular weight is 452 g/mol. The van der Waals surface area contributed by atoms with E-state index < -0.39 is 0 Å². The number of para-hydroxylation sites is 1. The minimum atomic E-state index is -0.290. The Balaban J connectivity index is 1.58. The molecule has 29 heavy (non-hydrogen) atoms. The number of anilines is 1. The number of halogens is 2. The maximum Gasteiger partial charge on any atom is 0.255 e. The smallest absolute Gasteiger partial charge is 0.255 e. The average Bonchev–Trinajstić information content (AvgIpc) is 2.73. The van der Waals surface area contributed by atoms with Crippen molar-refractivity contribution in [3.8, 4) is 0 Å². The summed E-state index contributed by atoms with van der Waals surface area (Å²) in [6.45, 7) is 4.21. The Morgan fingerprint density at radius 3 is 2.41 bits per heavy atom. The van der Waals surface area contributed by atoms with E-state index in [0.717, 1.165) is 10.6 Å². The highest BCUT2D eigenvalue weighted by Gasteiger charge is 2.28. The van der Waals surface area contributed by atoms with Gasteiger partial charge in [0, 0.05) is 36.1 Å². The lowest BCUT2D eigenvalue weighted by atomic mass is 10.1. The molecule has 1 N–H and O–H groups in total. The Labute approximate surface area is 185 Å². The number of thioether (sulfide) groups is 1. The van der Waals surface area contributed by atoms with Gasteiger partial charge in [0.2, 0.25) is 5.91 Å². The van der Waals surface area contributed by atoms with Crippen LogP contribution in [-0.4, -0.2) is 60.1 Å². The van der Waals surface area contributed by atoms with Gasteiger partial charge in [-0.3, -0.25) is 14.5 Å². The Morgan fingerprint density at radius 1 is 1.07 bits per heavy atom. The Hall–Kier alpha value is -1.73. The van der Waals surface area contributed by atoms with Gasteiger partial charge in [-0.25, -0.2) is 0 Å². The van der Waals surface area contributed by atoms with Gasteiger partial charge in [-0.2, -0.15) is 0 Å². The minimum Gasteiger partial charge on any atom is -0.336 e. The molecule has 0 bridgehead atoms. The van der Waals surface area contributed by atoms with Crippen LogP contribution in [0.1, 0.15) is 17.3 Å². The highest BCUT2D eigenvalue weighted by atomic mass is 35.5. The largest absolute Gasteiger partial charge is 0.336 e. The number of carbonyl (C=O) groups excluding carboxylic acids is 2. The van der Waals surface area contributed by atoms with E-state index in [4.69, 9.17) is 23.2 Å². The number of hydrogen-bond donors (Lipinski definition) is 1. The molecule has 1 unspecified atom stereocenters. The quantitative estimate of drug-likeness (QED) is 0.679. The predicted octanol–water partition coefficient (Wildman–Crippen LogP) is 4.50.